The molecule has 7 heteroatoms. The fourth-order valence-corrected chi connectivity index (χ4v) is 3.74. The number of esters is 1. The number of amides is 1. The van der Waals surface area contributed by atoms with Crippen LogP contribution in [0.15, 0.2) is 42.5 Å². The van der Waals surface area contributed by atoms with Gasteiger partial charge in [0.2, 0.25) is 5.91 Å². The van der Waals surface area contributed by atoms with Crippen LogP contribution in [0.2, 0.25) is 0 Å². The molecule has 1 fully saturated rings. The van der Waals surface area contributed by atoms with Gasteiger partial charge in [-0.05, 0) is 24.5 Å². The van der Waals surface area contributed by atoms with Crippen LogP contribution < -0.4 is 9.80 Å². The van der Waals surface area contributed by atoms with E-state index in [4.69, 9.17) is 4.74 Å². The van der Waals surface area contributed by atoms with Crippen molar-refractivity contribution in [3.63, 3.8) is 0 Å². The maximum Gasteiger partial charge on any atom is 0.340 e. The number of anilines is 2. The average Bonchev–Trinajstić information content (AvgIpc) is 3.60. The number of Topliss-reactive ketones (excluding diaryl/α,β-unsaturated/α-hetero) is 1. The standard InChI is InChI=1S/C23H23FN2O4/c1-30-23(29)17-11-20-19(12-18(17)24)25(13-15-5-3-2-4-6-15)10-9-22(28)26(20)14-21(27)16-7-8-16/h2-6,11-12,16H,7-10,13-14H2,1H3. The van der Waals surface area contributed by atoms with E-state index in [1.165, 1.54) is 24.1 Å². The Labute approximate surface area is 174 Å². The number of benzene rings is 2. The van der Waals surface area contributed by atoms with Gasteiger partial charge in [0.05, 0.1) is 30.6 Å². The number of ether oxygens (including phenoxy) is 1. The van der Waals surface area contributed by atoms with Gasteiger partial charge in [-0.2, -0.15) is 0 Å². The molecule has 2 aliphatic rings. The Hall–Kier alpha value is -3.22. The van der Waals surface area contributed by atoms with E-state index in [-0.39, 0.29) is 36.1 Å². The van der Waals surface area contributed by atoms with E-state index in [0.29, 0.717) is 24.5 Å². The van der Waals surface area contributed by atoms with Crippen molar-refractivity contribution in [2.45, 2.75) is 25.8 Å². The Balaban J connectivity index is 1.77. The molecule has 6 nitrogen and oxygen atoms in total. The lowest BCUT2D eigenvalue weighted by Crippen LogP contribution is -2.36. The number of hydrogen-bond donors (Lipinski definition) is 0. The number of halogens is 1. The Morgan fingerprint density at radius 3 is 2.53 bits per heavy atom. The summed E-state index contributed by atoms with van der Waals surface area (Å²) in [6, 6.07) is 12.3. The highest BCUT2D eigenvalue weighted by Crippen LogP contribution is 2.38. The van der Waals surface area contributed by atoms with Crippen molar-refractivity contribution in [1.82, 2.24) is 0 Å². The molecular formula is C23H23FN2O4. The lowest BCUT2D eigenvalue weighted by molar-refractivity contribution is -0.123. The van der Waals surface area contributed by atoms with Gasteiger partial charge in [-0.15, -0.1) is 0 Å². The fraction of sp³-hybridized carbons (Fsp3) is 0.348. The molecule has 1 amide bonds. The van der Waals surface area contributed by atoms with Crippen molar-refractivity contribution in [1.29, 1.82) is 0 Å². The van der Waals surface area contributed by atoms with Crippen molar-refractivity contribution >= 4 is 29.0 Å². The van der Waals surface area contributed by atoms with Gasteiger partial charge in [-0.25, -0.2) is 9.18 Å². The molecule has 0 atom stereocenters. The molecule has 1 aliphatic heterocycles. The van der Waals surface area contributed by atoms with E-state index in [2.05, 4.69) is 0 Å². The van der Waals surface area contributed by atoms with Gasteiger partial charge < -0.3 is 14.5 Å². The van der Waals surface area contributed by atoms with E-state index in [0.717, 1.165) is 18.4 Å². The zero-order valence-electron chi connectivity index (χ0n) is 16.8. The summed E-state index contributed by atoms with van der Waals surface area (Å²) in [6.45, 7) is 0.788. The van der Waals surface area contributed by atoms with Crippen LogP contribution in [0.25, 0.3) is 0 Å². The predicted octanol–water partition coefficient (Wildman–Crippen LogP) is 3.33. The van der Waals surface area contributed by atoms with Crippen LogP contribution in [0.1, 0.15) is 35.2 Å². The lowest BCUT2D eigenvalue weighted by Gasteiger charge is -2.27. The molecular weight excluding hydrogens is 387 g/mol. The van der Waals surface area contributed by atoms with Gasteiger partial charge in [-0.3, -0.25) is 9.59 Å². The third-order valence-electron chi connectivity index (χ3n) is 5.56. The summed E-state index contributed by atoms with van der Waals surface area (Å²) in [5.41, 5.74) is 1.60. The Morgan fingerprint density at radius 1 is 1.13 bits per heavy atom. The summed E-state index contributed by atoms with van der Waals surface area (Å²) in [5, 5.41) is 0. The minimum atomic E-state index is -0.824. The summed E-state index contributed by atoms with van der Waals surface area (Å²) in [6.07, 6.45) is 1.87. The van der Waals surface area contributed by atoms with E-state index in [1.807, 2.05) is 35.2 Å². The number of carbonyl (C=O) groups is 3. The summed E-state index contributed by atoms with van der Waals surface area (Å²) in [4.78, 5) is 40.8. The van der Waals surface area contributed by atoms with Crippen molar-refractivity contribution in [2.24, 2.45) is 5.92 Å². The second kappa shape index (κ2) is 8.26. The van der Waals surface area contributed by atoms with Gasteiger partial charge >= 0.3 is 5.97 Å². The molecule has 0 unspecified atom stereocenters. The monoisotopic (exact) mass is 410 g/mol. The highest BCUT2D eigenvalue weighted by molar-refractivity contribution is 6.05. The minimum absolute atomic E-state index is 0.00486. The van der Waals surface area contributed by atoms with Crippen LogP contribution in [0, 0.1) is 11.7 Å². The van der Waals surface area contributed by atoms with Crippen molar-refractivity contribution in [3.8, 4) is 0 Å². The third-order valence-corrected chi connectivity index (χ3v) is 5.56. The van der Waals surface area contributed by atoms with Crippen LogP contribution in [-0.4, -0.2) is 37.9 Å². The smallest absolute Gasteiger partial charge is 0.340 e. The zero-order chi connectivity index (χ0) is 21.3. The van der Waals surface area contributed by atoms with Crippen molar-refractivity contribution < 1.29 is 23.5 Å². The van der Waals surface area contributed by atoms with Gasteiger partial charge in [0, 0.05) is 31.5 Å². The molecule has 1 saturated carbocycles. The topological polar surface area (TPSA) is 66.9 Å². The summed E-state index contributed by atoms with van der Waals surface area (Å²) in [7, 11) is 1.18. The molecule has 0 aromatic heterocycles. The van der Waals surface area contributed by atoms with Gasteiger partial charge in [0.15, 0.2) is 5.78 Å². The van der Waals surface area contributed by atoms with Crippen LogP contribution in [0.3, 0.4) is 0 Å². The molecule has 30 heavy (non-hydrogen) atoms. The molecule has 0 radical (unpaired) electrons. The van der Waals surface area contributed by atoms with Crippen LogP contribution in [0.5, 0.6) is 0 Å². The first-order valence-electron chi connectivity index (χ1n) is 10.0. The number of methoxy groups -OCH3 is 1. The maximum atomic E-state index is 14.8. The SMILES string of the molecule is COC(=O)c1cc2c(cc1F)N(Cc1ccccc1)CCC(=O)N2CC(=O)C1CC1. The zero-order valence-corrected chi connectivity index (χ0v) is 16.8. The third kappa shape index (κ3) is 4.06. The second-order valence-corrected chi connectivity index (χ2v) is 7.69. The summed E-state index contributed by atoms with van der Waals surface area (Å²) < 4.78 is 19.5. The number of rotatable bonds is 6. The molecule has 4 rings (SSSR count). The first-order valence-corrected chi connectivity index (χ1v) is 10.0. The van der Waals surface area contributed by atoms with Crippen LogP contribution >= 0.6 is 0 Å². The molecule has 2 aromatic carbocycles. The van der Waals surface area contributed by atoms with Gasteiger partial charge in [0.1, 0.15) is 5.82 Å². The first-order chi connectivity index (χ1) is 14.5. The van der Waals surface area contributed by atoms with E-state index in [1.54, 1.807) is 0 Å². The lowest BCUT2D eigenvalue weighted by atomic mass is 10.1. The quantitative estimate of drug-likeness (QED) is 0.684. The molecule has 1 aliphatic carbocycles. The highest BCUT2D eigenvalue weighted by Gasteiger charge is 2.35. The van der Waals surface area contributed by atoms with Gasteiger partial charge in [-0.1, -0.05) is 30.3 Å². The normalized spacial score (nSPS) is 16.1. The molecule has 0 bridgehead atoms. The molecule has 156 valence electrons. The molecule has 0 saturated heterocycles. The maximum absolute atomic E-state index is 14.8. The van der Waals surface area contributed by atoms with Crippen LogP contribution in [0.4, 0.5) is 15.8 Å². The first kappa shape index (κ1) is 20.1. The van der Waals surface area contributed by atoms with E-state index < -0.39 is 11.8 Å². The molecule has 2 aromatic rings. The average molecular weight is 410 g/mol. The van der Waals surface area contributed by atoms with E-state index >= 15 is 0 Å². The van der Waals surface area contributed by atoms with E-state index in [9.17, 15) is 18.8 Å². The number of nitrogens with zero attached hydrogens (tertiary/aromatic N) is 2. The Bertz CT molecular complexity index is 988. The minimum Gasteiger partial charge on any atom is -0.465 e. The highest BCUT2D eigenvalue weighted by atomic mass is 19.1. The number of fused-ring (bicyclic) bond motifs is 1. The van der Waals surface area contributed by atoms with Gasteiger partial charge in [0.25, 0.3) is 0 Å². The second-order valence-electron chi connectivity index (χ2n) is 7.69. The van der Waals surface area contributed by atoms with Crippen LogP contribution in [-0.2, 0) is 20.9 Å². The molecule has 0 spiro atoms. The summed E-state index contributed by atoms with van der Waals surface area (Å²) in [5.74, 6) is -1.78. The predicted molar refractivity (Wildman–Crippen MR) is 110 cm³/mol. The Morgan fingerprint density at radius 2 is 1.87 bits per heavy atom. The fourth-order valence-electron chi connectivity index (χ4n) is 3.74. The number of hydrogen-bond acceptors (Lipinski definition) is 5. The number of carbonyl (C=O) groups excluding carboxylic acids is 3. The number of ketones is 1. The molecule has 1 heterocycles. The summed E-state index contributed by atoms with van der Waals surface area (Å²) >= 11 is 0. The van der Waals surface area contributed by atoms with Crippen molar-refractivity contribution in [3.05, 3.63) is 59.4 Å². The largest absolute Gasteiger partial charge is 0.465 e. The van der Waals surface area contributed by atoms with Crippen molar-refractivity contribution in [2.75, 3.05) is 30.0 Å². The molecule has 0 N–H and O–H groups in total. The Kier molecular flexibility index (Phi) is 5.53.